The standard InChI is InChI=1S/C23H29FN4O2/c1-3-18-8-4-6-10-20(18)25-22(29)16-27-12-14-28(15-13-27)17(2)23(30)26-21-11-7-5-9-19(21)24/h4-11,17H,3,12-16H2,1-2H3,(H,25,29)(H,26,30)/t17-/m0/s1. The molecule has 3 rings (SSSR count). The molecule has 1 aliphatic heterocycles. The van der Waals surface area contributed by atoms with Gasteiger partial charge in [-0.15, -0.1) is 0 Å². The van der Waals surface area contributed by atoms with Crippen molar-refractivity contribution in [2.24, 2.45) is 0 Å². The van der Waals surface area contributed by atoms with Crippen LogP contribution in [0.15, 0.2) is 48.5 Å². The smallest absolute Gasteiger partial charge is 0.241 e. The molecule has 1 saturated heterocycles. The van der Waals surface area contributed by atoms with E-state index in [1.54, 1.807) is 18.2 Å². The molecule has 7 heteroatoms. The second-order valence-electron chi connectivity index (χ2n) is 7.52. The third-order valence-corrected chi connectivity index (χ3v) is 5.51. The maximum absolute atomic E-state index is 13.8. The molecule has 1 fully saturated rings. The molecule has 30 heavy (non-hydrogen) atoms. The summed E-state index contributed by atoms with van der Waals surface area (Å²) in [6.45, 7) is 6.94. The molecule has 1 heterocycles. The predicted octanol–water partition coefficient (Wildman–Crippen LogP) is 2.97. The van der Waals surface area contributed by atoms with Crippen LogP contribution in [-0.4, -0.2) is 60.4 Å². The van der Waals surface area contributed by atoms with Crippen molar-refractivity contribution in [3.63, 3.8) is 0 Å². The van der Waals surface area contributed by atoms with E-state index in [0.717, 1.165) is 17.7 Å². The highest BCUT2D eigenvalue weighted by Crippen LogP contribution is 2.16. The van der Waals surface area contributed by atoms with Crippen molar-refractivity contribution >= 4 is 23.2 Å². The summed E-state index contributed by atoms with van der Waals surface area (Å²) in [5, 5.41) is 5.66. The first kappa shape index (κ1) is 21.9. The minimum atomic E-state index is -0.446. The lowest BCUT2D eigenvalue weighted by Crippen LogP contribution is -2.53. The summed E-state index contributed by atoms with van der Waals surface area (Å²) < 4.78 is 13.8. The fourth-order valence-corrected chi connectivity index (χ4v) is 3.62. The van der Waals surface area contributed by atoms with Crippen molar-refractivity contribution in [3.8, 4) is 0 Å². The fraction of sp³-hybridized carbons (Fsp3) is 0.391. The van der Waals surface area contributed by atoms with Gasteiger partial charge in [0, 0.05) is 31.9 Å². The molecule has 2 aromatic carbocycles. The molecule has 0 spiro atoms. The number of hydrogen-bond donors (Lipinski definition) is 2. The molecule has 6 nitrogen and oxygen atoms in total. The van der Waals surface area contributed by atoms with Crippen LogP contribution in [0.25, 0.3) is 0 Å². The van der Waals surface area contributed by atoms with Gasteiger partial charge in [-0.25, -0.2) is 4.39 Å². The molecular weight excluding hydrogens is 383 g/mol. The molecule has 0 saturated carbocycles. The Hall–Kier alpha value is -2.77. The summed E-state index contributed by atoms with van der Waals surface area (Å²) in [6, 6.07) is 13.6. The van der Waals surface area contributed by atoms with Crippen molar-refractivity contribution in [1.29, 1.82) is 0 Å². The topological polar surface area (TPSA) is 64.7 Å². The van der Waals surface area contributed by atoms with Crippen LogP contribution in [0.4, 0.5) is 15.8 Å². The van der Waals surface area contributed by atoms with Gasteiger partial charge in [-0.05, 0) is 37.1 Å². The number of para-hydroxylation sites is 2. The number of benzene rings is 2. The van der Waals surface area contributed by atoms with E-state index in [1.165, 1.54) is 6.07 Å². The van der Waals surface area contributed by atoms with Crippen LogP contribution in [-0.2, 0) is 16.0 Å². The highest BCUT2D eigenvalue weighted by atomic mass is 19.1. The van der Waals surface area contributed by atoms with Crippen LogP contribution in [0.3, 0.4) is 0 Å². The molecule has 1 atom stereocenters. The van der Waals surface area contributed by atoms with Gasteiger partial charge in [0.2, 0.25) is 11.8 Å². The van der Waals surface area contributed by atoms with Gasteiger partial charge >= 0.3 is 0 Å². The Morgan fingerprint density at radius 2 is 1.60 bits per heavy atom. The summed E-state index contributed by atoms with van der Waals surface area (Å²) in [5.41, 5.74) is 2.17. The number of carbonyl (C=O) groups is 2. The minimum absolute atomic E-state index is 0.0327. The van der Waals surface area contributed by atoms with Crippen molar-refractivity contribution in [2.75, 3.05) is 43.4 Å². The Morgan fingerprint density at radius 1 is 0.967 bits per heavy atom. The van der Waals surface area contributed by atoms with Gasteiger partial charge < -0.3 is 10.6 Å². The van der Waals surface area contributed by atoms with Crippen molar-refractivity contribution in [1.82, 2.24) is 9.80 Å². The second kappa shape index (κ2) is 10.3. The van der Waals surface area contributed by atoms with Gasteiger partial charge in [0.1, 0.15) is 5.82 Å². The van der Waals surface area contributed by atoms with Gasteiger partial charge in [0.15, 0.2) is 0 Å². The summed E-state index contributed by atoms with van der Waals surface area (Å²) in [5.74, 6) is -0.712. The van der Waals surface area contributed by atoms with Crippen molar-refractivity contribution in [2.45, 2.75) is 26.3 Å². The van der Waals surface area contributed by atoms with E-state index >= 15 is 0 Å². The molecule has 0 radical (unpaired) electrons. The Labute approximate surface area is 177 Å². The quantitative estimate of drug-likeness (QED) is 0.734. The number of piperazine rings is 1. The Kier molecular flexibility index (Phi) is 7.54. The monoisotopic (exact) mass is 412 g/mol. The number of nitrogens with zero attached hydrogens (tertiary/aromatic N) is 2. The molecular formula is C23H29FN4O2. The SMILES string of the molecule is CCc1ccccc1NC(=O)CN1CCN([C@@H](C)C(=O)Nc2ccccc2F)CC1. The highest BCUT2D eigenvalue weighted by Gasteiger charge is 2.26. The van der Waals surface area contributed by atoms with Crippen LogP contribution < -0.4 is 10.6 Å². The van der Waals surface area contributed by atoms with Crippen LogP contribution in [0.2, 0.25) is 0 Å². The Bertz CT molecular complexity index is 881. The number of anilines is 2. The largest absolute Gasteiger partial charge is 0.325 e. The fourth-order valence-electron chi connectivity index (χ4n) is 3.62. The van der Waals surface area contributed by atoms with Crippen molar-refractivity contribution in [3.05, 3.63) is 59.9 Å². The Morgan fingerprint density at radius 3 is 2.27 bits per heavy atom. The Balaban J connectivity index is 1.46. The first-order chi connectivity index (χ1) is 14.5. The van der Waals surface area contributed by atoms with Crippen LogP contribution in [0, 0.1) is 5.82 Å². The van der Waals surface area contributed by atoms with Gasteiger partial charge in [0.25, 0.3) is 0 Å². The number of nitrogens with one attached hydrogen (secondary N) is 2. The lowest BCUT2D eigenvalue weighted by atomic mass is 10.1. The number of amides is 2. The van der Waals surface area contributed by atoms with E-state index in [9.17, 15) is 14.0 Å². The average molecular weight is 413 g/mol. The molecule has 2 amide bonds. The number of rotatable bonds is 7. The van der Waals surface area contributed by atoms with Crippen LogP contribution >= 0.6 is 0 Å². The normalized spacial score (nSPS) is 16.1. The minimum Gasteiger partial charge on any atom is -0.325 e. The molecule has 0 aromatic heterocycles. The molecule has 2 aromatic rings. The maximum atomic E-state index is 13.8. The van der Waals surface area contributed by atoms with E-state index in [-0.39, 0.29) is 23.5 Å². The zero-order valence-electron chi connectivity index (χ0n) is 17.5. The third kappa shape index (κ3) is 5.64. The average Bonchev–Trinajstić information content (AvgIpc) is 2.75. The number of carbonyl (C=O) groups excluding carboxylic acids is 2. The zero-order valence-corrected chi connectivity index (χ0v) is 17.5. The van der Waals surface area contributed by atoms with Gasteiger partial charge in [-0.1, -0.05) is 37.3 Å². The number of aryl methyl sites for hydroxylation is 1. The van der Waals surface area contributed by atoms with E-state index in [0.29, 0.717) is 32.7 Å². The second-order valence-corrected chi connectivity index (χ2v) is 7.52. The number of hydrogen-bond acceptors (Lipinski definition) is 4. The van der Waals surface area contributed by atoms with Crippen LogP contribution in [0.1, 0.15) is 19.4 Å². The van der Waals surface area contributed by atoms with E-state index in [4.69, 9.17) is 0 Å². The first-order valence-electron chi connectivity index (χ1n) is 10.4. The molecule has 0 aliphatic carbocycles. The molecule has 2 N–H and O–H groups in total. The molecule has 160 valence electrons. The summed E-state index contributed by atoms with van der Waals surface area (Å²) >= 11 is 0. The summed E-state index contributed by atoms with van der Waals surface area (Å²) in [7, 11) is 0. The molecule has 0 unspecified atom stereocenters. The first-order valence-corrected chi connectivity index (χ1v) is 10.4. The van der Waals surface area contributed by atoms with Crippen LogP contribution in [0.5, 0.6) is 0 Å². The van der Waals surface area contributed by atoms with Gasteiger partial charge in [0.05, 0.1) is 18.3 Å². The maximum Gasteiger partial charge on any atom is 0.241 e. The predicted molar refractivity (Wildman–Crippen MR) is 117 cm³/mol. The summed E-state index contributed by atoms with van der Waals surface area (Å²) in [4.78, 5) is 29.1. The lowest BCUT2D eigenvalue weighted by Gasteiger charge is -2.37. The van der Waals surface area contributed by atoms with Gasteiger partial charge in [-0.3, -0.25) is 19.4 Å². The third-order valence-electron chi connectivity index (χ3n) is 5.51. The molecule has 1 aliphatic rings. The van der Waals surface area contributed by atoms with Gasteiger partial charge in [-0.2, -0.15) is 0 Å². The summed E-state index contributed by atoms with van der Waals surface area (Å²) in [6.07, 6.45) is 0.863. The lowest BCUT2D eigenvalue weighted by molar-refractivity contribution is -0.122. The van der Waals surface area contributed by atoms with E-state index < -0.39 is 5.82 Å². The van der Waals surface area contributed by atoms with E-state index in [1.807, 2.05) is 31.2 Å². The highest BCUT2D eigenvalue weighted by molar-refractivity contribution is 5.94. The van der Waals surface area contributed by atoms with Crippen molar-refractivity contribution < 1.29 is 14.0 Å². The van der Waals surface area contributed by atoms with E-state index in [2.05, 4.69) is 27.4 Å². The zero-order chi connectivity index (χ0) is 21.5. The number of halogens is 1. The molecule has 0 bridgehead atoms.